The Morgan fingerprint density at radius 2 is 1.68 bits per heavy atom. The van der Waals surface area contributed by atoms with E-state index in [1.54, 1.807) is 24.3 Å². The largest absolute Gasteiger partial charge is 0.489 e. The van der Waals surface area contributed by atoms with E-state index in [4.69, 9.17) is 44.6 Å². The Hall–Kier alpha value is -2.40. The molecule has 0 saturated carbocycles. The Kier molecular flexibility index (Phi) is 6.68. The van der Waals surface area contributed by atoms with Crippen LogP contribution in [0.15, 0.2) is 60.7 Å². The molecule has 0 aliphatic carbocycles. The van der Waals surface area contributed by atoms with Gasteiger partial charge in [0.2, 0.25) is 0 Å². The van der Waals surface area contributed by atoms with Gasteiger partial charge in [0, 0.05) is 27.8 Å². The zero-order valence-corrected chi connectivity index (χ0v) is 16.9. The van der Waals surface area contributed by atoms with E-state index in [2.05, 4.69) is 5.32 Å². The maximum absolute atomic E-state index is 11.1. The van der Waals surface area contributed by atoms with Gasteiger partial charge in [-0.1, -0.05) is 53.0 Å². The van der Waals surface area contributed by atoms with Crippen LogP contribution in [0.25, 0.3) is 0 Å². The fourth-order valence-electron chi connectivity index (χ4n) is 2.51. The molecule has 0 aliphatic rings. The van der Waals surface area contributed by atoms with Gasteiger partial charge in [0.15, 0.2) is 0 Å². The molecule has 3 rings (SSSR count). The van der Waals surface area contributed by atoms with Crippen molar-refractivity contribution in [1.29, 1.82) is 0 Å². The third kappa shape index (κ3) is 5.32. The average Bonchev–Trinajstić information content (AvgIpc) is 2.67. The van der Waals surface area contributed by atoms with E-state index in [-0.39, 0.29) is 10.6 Å². The van der Waals surface area contributed by atoms with Crippen molar-refractivity contribution in [3.8, 4) is 5.75 Å². The molecule has 0 radical (unpaired) electrons. The monoisotopic (exact) mass is 435 g/mol. The van der Waals surface area contributed by atoms with Crippen molar-refractivity contribution < 1.29 is 14.6 Å². The lowest BCUT2D eigenvalue weighted by molar-refractivity contribution is 0.0697. The van der Waals surface area contributed by atoms with Gasteiger partial charge in [0.05, 0.1) is 10.6 Å². The Balaban J connectivity index is 1.57. The van der Waals surface area contributed by atoms with Crippen LogP contribution < -0.4 is 10.1 Å². The Labute approximate surface area is 177 Å². The quantitative estimate of drug-likeness (QED) is 0.442. The fraction of sp³-hybridized carbons (Fsp3) is 0.0952. The van der Waals surface area contributed by atoms with E-state index in [0.29, 0.717) is 28.9 Å². The van der Waals surface area contributed by atoms with Crippen LogP contribution in [0, 0.1) is 0 Å². The zero-order valence-electron chi connectivity index (χ0n) is 14.6. The normalized spacial score (nSPS) is 10.5. The molecule has 0 amide bonds. The van der Waals surface area contributed by atoms with Crippen molar-refractivity contribution in [3.63, 3.8) is 0 Å². The first-order valence-corrected chi connectivity index (χ1v) is 9.48. The van der Waals surface area contributed by atoms with Gasteiger partial charge in [0.25, 0.3) is 0 Å². The van der Waals surface area contributed by atoms with E-state index in [1.807, 2.05) is 30.3 Å². The van der Waals surface area contributed by atoms with E-state index in [0.717, 1.165) is 16.9 Å². The first-order chi connectivity index (χ1) is 13.4. The highest BCUT2D eigenvalue weighted by Gasteiger charge is 2.09. The number of carboxylic acids is 1. The minimum atomic E-state index is -1.06. The molecule has 2 N–H and O–H groups in total. The summed E-state index contributed by atoms with van der Waals surface area (Å²) in [6, 6.07) is 17.7. The van der Waals surface area contributed by atoms with Crippen LogP contribution in [-0.4, -0.2) is 11.1 Å². The Bertz CT molecular complexity index is 991. The highest BCUT2D eigenvalue weighted by atomic mass is 35.5. The molecule has 0 aliphatic heterocycles. The number of hydrogen-bond donors (Lipinski definition) is 2. The summed E-state index contributed by atoms with van der Waals surface area (Å²) in [6.07, 6.45) is 0. The smallest absolute Gasteiger partial charge is 0.337 e. The summed E-state index contributed by atoms with van der Waals surface area (Å²) >= 11 is 17.9. The molecule has 0 saturated heterocycles. The first-order valence-electron chi connectivity index (χ1n) is 8.35. The number of hydrogen-bond acceptors (Lipinski definition) is 3. The Morgan fingerprint density at radius 1 is 0.929 bits per heavy atom. The van der Waals surface area contributed by atoms with Crippen LogP contribution in [0.1, 0.15) is 21.5 Å². The molecule has 3 aromatic carbocycles. The summed E-state index contributed by atoms with van der Waals surface area (Å²) in [5.74, 6) is -0.342. The van der Waals surface area contributed by atoms with Gasteiger partial charge in [-0.25, -0.2) is 4.79 Å². The lowest BCUT2D eigenvalue weighted by Crippen LogP contribution is -2.03. The van der Waals surface area contributed by atoms with E-state index < -0.39 is 5.97 Å². The number of anilines is 1. The maximum atomic E-state index is 11.1. The molecular formula is C21H16Cl3NO3. The summed E-state index contributed by atoms with van der Waals surface area (Å²) in [7, 11) is 0. The molecule has 0 unspecified atom stereocenters. The predicted octanol–water partition coefficient (Wildman–Crippen LogP) is 6.54. The van der Waals surface area contributed by atoms with Crippen LogP contribution >= 0.6 is 34.8 Å². The number of rotatable bonds is 7. The summed E-state index contributed by atoms with van der Waals surface area (Å²) in [5, 5.41) is 13.7. The first kappa shape index (κ1) is 20.3. The predicted molar refractivity (Wildman–Crippen MR) is 113 cm³/mol. The second kappa shape index (κ2) is 9.20. The highest BCUT2D eigenvalue weighted by molar-refractivity contribution is 6.35. The summed E-state index contributed by atoms with van der Waals surface area (Å²) in [5.41, 5.74) is 2.62. The maximum Gasteiger partial charge on any atom is 0.337 e. The SMILES string of the molecule is O=C(O)c1cc(NCc2ccc(OCc3ccc(Cl)cc3Cl)cc2)ccc1Cl. The molecule has 4 nitrogen and oxygen atoms in total. The molecule has 28 heavy (non-hydrogen) atoms. The number of aromatic carboxylic acids is 1. The summed E-state index contributed by atoms with van der Waals surface area (Å²) in [4.78, 5) is 11.1. The molecule has 0 fully saturated rings. The van der Waals surface area contributed by atoms with Gasteiger partial charge >= 0.3 is 5.97 Å². The second-order valence-corrected chi connectivity index (χ2v) is 7.27. The number of ether oxygens (including phenoxy) is 1. The van der Waals surface area contributed by atoms with Gasteiger partial charge < -0.3 is 15.2 Å². The number of carboxylic acid groups (broad SMARTS) is 1. The highest BCUT2D eigenvalue weighted by Crippen LogP contribution is 2.24. The summed E-state index contributed by atoms with van der Waals surface area (Å²) in [6.45, 7) is 0.875. The van der Waals surface area contributed by atoms with E-state index >= 15 is 0 Å². The van der Waals surface area contributed by atoms with E-state index in [9.17, 15) is 4.79 Å². The van der Waals surface area contributed by atoms with Crippen molar-refractivity contribution in [2.75, 3.05) is 5.32 Å². The topological polar surface area (TPSA) is 58.6 Å². The van der Waals surface area contributed by atoms with Crippen LogP contribution in [0.4, 0.5) is 5.69 Å². The molecular weight excluding hydrogens is 421 g/mol. The standard InChI is InChI=1S/C21H16Cl3NO3/c22-15-4-3-14(20(24)9-15)12-28-17-6-1-13(2-7-17)11-25-16-5-8-19(23)18(10-16)21(26)27/h1-10,25H,11-12H2,(H,26,27). The minimum Gasteiger partial charge on any atom is -0.489 e. The molecule has 144 valence electrons. The number of carbonyl (C=O) groups is 1. The van der Waals surface area contributed by atoms with Crippen molar-refractivity contribution in [3.05, 3.63) is 92.4 Å². The molecule has 0 bridgehead atoms. The van der Waals surface area contributed by atoms with Gasteiger partial charge in [0.1, 0.15) is 12.4 Å². The van der Waals surface area contributed by atoms with Gasteiger partial charge in [-0.2, -0.15) is 0 Å². The summed E-state index contributed by atoms with van der Waals surface area (Å²) < 4.78 is 5.76. The number of nitrogens with one attached hydrogen (secondary N) is 1. The third-order valence-electron chi connectivity index (χ3n) is 4.03. The second-order valence-electron chi connectivity index (χ2n) is 6.02. The Morgan fingerprint density at radius 3 is 2.36 bits per heavy atom. The van der Waals surface area contributed by atoms with Crippen LogP contribution in [0.5, 0.6) is 5.75 Å². The fourth-order valence-corrected chi connectivity index (χ4v) is 3.17. The number of benzene rings is 3. The molecule has 3 aromatic rings. The molecule has 0 aromatic heterocycles. The van der Waals surface area contributed by atoms with Gasteiger partial charge in [-0.3, -0.25) is 0 Å². The van der Waals surface area contributed by atoms with Crippen molar-refractivity contribution in [2.45, 2.75) is 13.2 Å². The zero-order chi connectivity index (χ0) is 20.1. The third-order valence-corrected chi connectivity index (χ3v) is 4.94. The van der Waals surface area contributed by atoms with Crippen LogP contribution in [-0.2, 0) is 13.2 Å². The minimum absolute atomic E-state index is 0.0660. The van der Waals surface area contributed by atoms with Crippen molar-refractivity contribution in [2.24, 2.45) is 0 Å². The molecule has 7 heteroatoms. The van der Waals surface area contributed by atoms with Crippen LogP contribution in [0.3, 0.4) is 0 Å². The van der Waals surface area contributed by atoms with Crippen molar-refractivity contribution in [1.82, 2.24) is 0 Å². The van der Waals surface area contributed by atoms with Gasteiger partial charge in [-0.15, -0.1) is 0 Å². The number of halogens is 3. The lowest BCUT2D eigenvalue weighted by atomic mass is 10.1. The van der Waals surface area contributed by atoms with Crippen LogP contribution in [0.2, 0.25) is 15.1 Å². The molecule has 0 atom stereocenters. The van der Waals surface area contributed by atoms with Gasteiger partial charge in [-0.05, 0) is 48.0 Å². The molecule has 0 spiro atoms. The average molecular weight is 437 g/mol. The molecule has 0 heterocycles. The van der Waals surface area contributed by atoms with E-state index in [1.165, 1.54) is 6.07 Å². The lowest BCUT2D eigenvalue weighted by Gasteiger charge is -2.10. The van der Waals surface area contributed by atoms with Crippen molar-refractivity contribution >= 4 is 46.5 Å².